The van der Waals surface area contributed by atoms with Crippen LogP contribution in [0.1, 0.15) is 11.6 Å². The summed E-state index contributed by atoms with van der Waals surface area (Å²) < 4.78 is 10.2. The van der Waals surface area contributed by atoms with Crippen LogP contribution in [0, 0.1) is 0 Å². The minimum Gasteiger partial charge on any atom is -0.491 e. The first-order chi connectivity index (χ1) is 7.65. The van der Waals surface area contributed by atoms with Crippen molar-refractivity contribution in [2.75, 3.05) is 20.3 Å². The van der Waals surface area contributed by atoms with Crippen molar-refractivity contribution in [1.82, 2.24) is 0 Å². The summed E-state index contributed by atoms with van der Waals surface area (Å²) in [6, 6.07) is 5.66. The molecular weight excluding hydrogens is 210 g/mol. The van der Waals surface area contributed by atoms with E-state index in [1.165, 1.54) is 0 Å². The Balaban J connectivity index is 2.57. The van der Waals surface area contributed by atoms with Crippen LogP contribution in [-0.4, -0.2) is 31.4 Å². The van der Waals surface area contributed by atoms with Crippen molar-refractivity contribution in [3.63, 3.8) is 0 Å². The molecule has 0 saturated carbocycles. The van der Waals surface area contributed by atoms with E-state index in [2.05, 4.69) is 0 Å². The van der Waals surface area contributed by atoms with Gasteiger partial charge in [0.15, 0.2) is 0 Å². The molecule has 16 heavy (non-hydrogen) atoms. The molecule has 0 heterocycles. The summed E-state index contributed by atoms with van der Waals surface area (Å²) in [6.07, 6.45) is 0. The Morgan fingerprint density at radius 2 is 2.00 bits per heavy atom. The second kappa shape index (κ2) is 6.09. The quantitative estimate of drug-likeness (QED) is 0.700. The van der Waals surface area contributed by atoms with Gasteiger partial charge >= 0.3 is 5.97 Å². The molecule has 0 amide bonds. The van der Waals surface area contributed by atoms with Gasteiger partial charge in [-0.3, -0.25) is 4.79 Å². The molecule has 0 aromatic heterocycles. The van der Waals surface area contributed by atoms with Crippen molar-refractivity contribution in [2.45, 2.75) is 6.04 Å². The van der Waals surface area contributed by atoms with Gasteiger partial charge in [-0.2, -0.15) is 0 Å². The van der Waals surface area contributed by atoms with Gasteiger partial charge in [-0.05, 0) is 17.7 Å². The third kappa shape index (κ3) is 3.52. The van der Waals surface area contributed by atoms with Crippen molar-refractivity contribution >= 4 is 5.97 Å². The van der Waals surface area contributed by atoms with Gasteiger partial charge < -0.3 is 20.3 Å². The van der Waals surface area contributed by atoms with Crippen LogP contribution in [0.4, 0.5) is 0 Å². The average Bonchev–Trinajstić information content (AvgIpc) is 2.29. The van der Waals surface area contributed by atoms with E-state index in [1.807, 2.05) is 0 Å². The highest BCUT2D eigenvalue weighted by molar-refractivity contribution is 5.75. The first-order valence-electron chi connectivity index (χ1n) is 4.85. The van der Waals surface area contributed by atoms with E-state index in [-0.39, 0.29) is 0 Å². The molecule has 0 aliphatic carbocycles. The molecule has 5 nitrogen and oxygen atoms in total. The van der Waals surface area contributed by atoms with Crippen LogP contribution < -0.4 is 10.5 Å². The second-order valence-electron chi connectivity index (χ2n) is 3.23. The summed E-state index contributed by atoms with van der Waals surface area (Å²) in [7, 11) is 1.60. The van der Waals surface area contributed by atoms with Gasteiger partial charge in [0.25, 0.3) is 0 Å². The normalized spacial score (nSPS) is 12.1. The zero-order valence-electron chi connectivity index (χ0n) is 9.05. The fourth-order valence-electron chi connectivity index (χ4n) is 1.16. The molecule has 5 heteroatoms. The molecule has 3 N–H and O–H groups in total. The number of methoxy groups -OCH3 is 1. The van der Waals surface area contributed by atoms with Crippen LogP contribution in [0.3, 0.4) is 0 Å². The van der Waals surface area contributed by atoms with Crippen molar-refractivity contribution in [3.8, 4) is 5.75 Å². The monoisotopic (exact) mass is 225 g/mol. The number of aliphatic carboxylic acids is 1. The van der Waals surface area contributed by atoms with Crippen molar-refractivity contribution < 1.29 is 19.4 Å². The molecule has 0 radical (unpaired) electrons. The zero-order valence-corrected chi connectivity index (χ0v) is 9.05. The summed E-state index contributed by atoms with van der Waals surface area (Å²) >= 11 is 0. The maximum absolute atomic E-state index is 10.6. The summed E-state index contributed by atoms with van der Waals surface area (Å²) in [6.45, 7) is 0.969. The number of hydrogen-bond acceptors (Lipinski definition) is 4. The molecule has 1 rings (SSSR count). The predicted molar refractivity (Wildman–Crippen MR) is 58.4 cm³/mol. The lowest BCUT2D eigenvalue weighted by Gasteiger charge is -2.09. The Morgan fingerprint density at radius 3 is 2.50 bits per heavy atom. The average molecular weight is 225 g/mol. The maximum Gasteiger partial charge on any atom is 0.325 e. The Hall–Kier alpha value is -1.59. The van der Waals surface area contributed by atoms with E-state index in [0.717, 1.165) is 0 Å². The van der Waals surface area contributed by atoms with Crippen LogP contribution in [0.15, 0.2) is 24.3 Å². The second-order valence-corrected chi connectivity index (χ2v) is 3.23. The standard InChI is InChI=1S/C11H15NO4/c1-15-6-7-16-9-4-2-8(3-5-9)10(12)11(13)14/h2-5,10H,6-7,12H2,1H3,(H,13,14)/t10-/m0/s1. The number of benzene rings is 1. The number of hydrogen-bond donors (Lipinski definition) is 2. The minimum absolute atomic E-state index is 0.459. The van der Waals surface area contributed by atoms with E-state index < -0.39 is 12.0 Å². The van der Waals surface area contributed by atoms with E-state index >= 15 is 0 Å². The van der Waals surface area contributed by atoms with Crippen molar-refractivity contribution in [1.29, 1.82) is 0 Å². The molecule has 1 aromatic rings. The lowest BCUT2D eigenvalue weighted by Crippen LogP contribution is -2.20. The topological polar surface area (TPSA) is 81.8 Å². The molecule has 88 valence electrons. The summed E-state index contributed by atoms with van der Waals surface area (Å²) in [5, 5.41) is 8.71. The van der Waals surface area contributed by atoms with Gasteiger partial charge in [-0.15, -0.1) is 0 Å². The Kier molecular flexibility index (Phi) is 4.75. The third-order valence-electron chi connectivity index (χ3n) is 2.06. The molecule has 0 bridgehead atoms. The number of rotatable bonds is 6. The number of carbonyl (C=O) groups is 1. The van der Waals surface area contributed by atoms with E-state index in [9.17, 15) is 4.79 Å². The number of ether oxygens (including phenoxy) is 2. The molecule has 0 aliphatic heterocycles. The molecule has 1 atom stereocenters. The highest BCUT2D eigenvalue weighted by Gasteiger charge is 2.13. The van der Waals surface area contributed by atoms with Gasteiger partial charge in [0.05, 0.1) is 6.61 Å². The summed E-state index contributed by atoms with van der Waals surface area (Å²) in [5.74, 6) is -0.383. The van der Waals surface area contributed by atoms with E-state index in [4.69, 9.17) is 20.3 Å². The largest absolute Gasteiger partial charge is 0.491 e. The number of nitrogens with two attached hydrogens (primary N) is 1. The third-order valence-corrected chi connectivity index (χ3v) is 2.06. The maximum atomic E-state index is 10.6. The molecule has 0 aliphatic rings. The van der Waals surface area contributed by atoms with Crippen LogP contribution in [0.25, 0.3) is 0 Å². The van der Waals surface area contributed by atoms with E-state index in [0.29, 0.717) is 24.5 Å². The van der Waals surface area contributed by atoms with Crippen LogP contribution in [0.5, 0.6) is 5.75 Å². The molecule has 0 unspecified atom stereocenters. The fourth-order valence-corrected chi connectivity index (χ4v) is 1.16. The molecular formula is C11H15NO4. The van der Waals surface area contributed by atoms with Gasteiger partial charge in [-0.25, -0.2) is 0 Å². The van der Waals surface area contributed by atoms with Crippen molar-refractivity contribution in [2.24, 2.45) is 5.73 Å². The summed E-state index contributed by atoms with van der Waals surface area (Å²) in [5.41, 5.74) is 6.00. The van der Waals surface area contributed by atoms with Crippen molar-refractivity contribution in [3.05, 3.63) is 29.8 Å². The smallest absolute Gasteiger partial charge is 0.325 e. The van der Waals surface area contributed by atoms with Crippen LogP contribution >= 0.6 is 0 Å². The summed E-state index contributed by atoms with van der Waals surface area (Å²) in [4.78, 5) is 10.6. The fraction of sp³-hybridized carbons (Fsp3) is 0.364. The SMILES string of the molecule is COCCOc1ccc([C@H](N)C(=O)O)cc1. The Morgan fingerprint density at radius 1 is 1.38 bits per heavy atom. The highest BCUT2D eigenvalue weighted by atomic mass is 16.5. The Bertz CT molecular complexity index is 336. The van der Waals surface area contributed by atoms with Crippen LogP contribution in [0.2, 0.25) is 0 Å². The van der Waals surface area contributed by atoms with E-state index in [1.54, 1.807) is 31.4 Å². The van der Waals surface area contributed by atoms with Crippen LogP contribution in [-0.2, 0) is 9.53 Å². The zero-order chi connectivity index (χ0) is 12.0. The molecule has 0 spiro atoms. The van der Waals surface area contributed by atoms with Gasteiger partial charge in [0, 0.05) is 7.11 Å². The van der Waals surface area contributed by atoms with Gasteiger partial charge in [-0.1, -0.05) is 12.1 Å². The molecule has 0 fully saturated rings. The first kappa shape index (κ1) is 12.5. The predicted octanol–water partition coefficient (Wildman–Crippen LogP) is 0.796. The lowest BCUT2D eigenvalue weighted by atomic mass is 10.1. The van der Waals surface area contributed by atoms with Gasteiger partial charge in [0.1, 0.15) is 18.4 Å². The van der Waals surface area contributed by atoms with Gasteiger partial charge in [0.2, 0.25) is 0 Å². The minimum atomic E-state index is -1.05. The highest BCUT2D eigenvalue weighted by Crippen LogP contribution is 2.16. The Labute approximate surface area is 93.8 Å². The number of carboxylic acids is 1. The number of carboxylic acid groups (broad SMARTS) is 1. The molecule has 0 saturated heterocycles. The first-order valence-corrected chi connectivity index (χ1v) is 4.85. The molecule has 1 aromatic carbocycles. The lowest BCUT2D eigenvalue weighted by molar-refractivity contribution is -0.138.